The summed E-state index contributed by atoms with van der Waals surface area (Å²) in [5, 5.41) is 27.3. The zero-order valence-electron chi connectivity index (χ0n) is 38.1. The predicted molar refractivity (Wildman–Crippen MR) is 248 cm³/mol. The minimum atomic E-state index is -1.02. The molecule has 0 fully saturated rings. The molecule has 8 rings (SSSR count). The number of benzene rings is 3. The van der Waals surface area contributed by atoms with Gasteiger partial charge in [0.25, 0.3) is 0 Å². The Hall–Kier alpha value is -7.82. The number of hydrazine groups is 1. The van der Waals surface area contributed by atoms with Crippen LogP contribution < -0.4 is 30.1 Å². The Kier molecular flexibility index (Phi) is 20.9. The number of carbonyl (C=O) groups excluding carboxylic acids is 3. The third-order valence-electron chi connectivity index (χ3n) is 9.01. The van der Waals surface area contributed by atoms with E-state index in [0.29, 0.717) is 35.4 Å². The fourth-order valence-corrected chi connectivity index (χ4v) is 6.31. The quantitative estimate of drug-likeness (QED) is 0.0539. The third kappa shape index (κ3) is 14.1. The van der Waals surface area contributed by atoms with E-state index < -0.39 is 17.9 Å². The van der Waals surface area contributed by atoms with Crippen molar-refractivity contribution in [1.29, 1.82) is 0 Å². The first kappa shape index (κ1) is 53.5. The molecule has 3 aromatic carbocycles. The number of rotatable bonds is 11. The van der Waals surface area contributed by atoms with Gasteiger partial charge >= 0.3 is 36.8 Å². The number of carboxylic acids is 1. The Balaban J connectivity index is 0.000000241. The number of nitrogen functional groups attached to an aromatic ring is 1. The number of ether oxygens (including phenoxy) is 2. The number of aryl methyl sites for hydroxylation is 2. The van der Waals surface area contributed by atoms with E-state index in [1.807, 2.05) is 97.9 Å². The van der Waals surface area contributed by atoms with Crippen molar-refractivity contribution in [3.8, 4) is 11.6 Å². The van der Waals surface area contributed by atoms with Gasteiger partial charge in [-0.25, -0.2) is 44.5 Å². The van der Waals surface area contributed by atoms with Crippen LogP contribution in [0.5, 0.6) is 0 Å². The molecule has 67 heavy (non-hydrogen) atoms. The molecule has 0 aliphatic rings. The molecule has 0 spiro atoms. The van der Waals surface area contributed by atoms with E-state index in [2.05, 4.69) is 45.3 Å². The van der Waals surface area contributed by atoms with Gasteiger partial charge < -0.3 is 30.3 Å². The number of aromatic carboxylic acids is 1. The molecule has 20 heteroatoms. The SMILES string of the molecule is CCOC(=O)C(CC(C)=O)=NOC.CCOC(=O)c1cc(C)nn1-c1nccc2ccccc12.Cc1cc(C(=O)O)n(-c2nccc3ccccc23)n1.NNc1nccc2ccccc12.[Li+].[OH-]. The van der Waals surface area contributed by atoms with E-state index in [0.717, 1.165) is 38.0 Å². The van der Waals surface area contributed by atoms with Crippen molar-refractivity contribution in [3.05, 3.63) is 144 Å². The minimum absolute atomic E-state index is 0. The molecular weight excluding hydrogens is 856 g/mol. The summed E-state index contributed by atoms with van der Waals surface area (Å²) in [4.78, 5) is 62.3. The maximum atomic E-state index is 12.1. The molecule has 0 aliphatic carbocycles. The van der Waals surface area contributed by atoms with Crippen molar-refractivity contribution in [3.63, 3.8) is 0 Å². The van der Waals surface area contributed by atoms with E-state index in [-0.39, 0.29) is 54.6 Å². The topological polar surface area (TPSA) is 271 Å². The van der Waals surface area contributed by atoms with Gasteiger partial charge in [-0.05, 0) is 81.1 Å². The second-order valence-corrected chi connectivity index (χ2v) is 13.7. The molecule has 19 nitrogen and oxygen atoms in total. The average Bonchev–Trinajstić information content (AvgIpc) is 3.91. The molecule has 0 aliphatic heterocycles. The number of ketones is 1. The summed E-state index contributed by atoms with van der Waals surface area (Å²) in [6, 6.07) is 32.5. The number of esters is 2. The standard InChI is InChI=1S/C16H15N3O2.C14H11N3O2.C9H9N3.C8H13NO4.Li.H2O/c1-3-21-16(20)14-10-11(2)18-19(14)15-13-7-5-4-6-12(13)8-9-17-15;1-9-8-12(14(18)19)17(16-9)13-11-5-3-2-4-10(11)6-7-15-13;10-12-9-8-4-2-1-3-7(8)5-6-11-9;1-4-13-8(11)7(9-12-3)5-6(2)10;;/h4-10H,3H2,1-2H3;2-8H,1H3,(H,18,19);1-6H,10H2,(H,11,12);4-5H2,1-3H3;;1H2/q;;;;+1;/p-1. The van der Waals surface area contributed by atoms with Crippen LogP contribution in [-0.2, 0) is 23.9 Å². The van der Waals surface area contributed by atoms with Gasteiger partial charge in [0.15, 0.2) is 28.7 Å². The van der Waals surface area contributed by atoms with Crippen LogP contribution in [0.15, 0.2) is 127 Å². The maximum absolute atomic E-state index is 12.1. The monoisotopic (exact) mass is 904 g/mol. The fourth-order valence-electron chi connectivity index (χ4n) is 6.31. The van der Waals surface area contributed by atoms with Crippen molar-refractivity contribution in [2.24, 2.45) is 11.0 Å². The molecule has 8 aromatic rings. The molecule has 0 unspecified atom stereocenters. The number of carboxylic acid groups (broad SMARTS) is 1. The van der Waals surface area contributed by atoms with E-state index in [4.69, 9.17) is 10.6 Å². The first-order valence-corrected chi connectivity index (χ1v) is 20.2. The van der Waals surface area contributed by atoms with E-state index in [1.54, 1.807) is 50.1 Å². The molecule has 0 bridgehead atoms. The van der Waals surface area contributed by atoms with Crippen LogP contribution in [0.25, 0.3) is 44.0 Å². The number of carbonyl (C=O) groups is 4. The van der Waals surface area contributed by atoms with Crippen LogP contribution in [0.2, 0.25) is 0 Å². The van der Waals surface area contributed by atoms with Gasteiger partial charge in [0.05, 0.1) is 31.0 Å². The van der Waals surface area contributed by atoms with Crippen LogP contribution in [-0.4, -0.2) is 94.8 Å². The zero-order chi connectivity index (χ0) is 46.9. The van der Waals surface area contributed by atoms with Gasteiger partial charge in [-0.1, -0.05) is 78.0 Å². The molecule has 0 saturated heterocycles. The predicted octanol–water partition coefficient (Wildman–Crippen LogP) is 4.21. The molecule has 0 saturated carbocycles. The molecule has 0 radical (unpaired) electrons. The Morgan fingerprint density at radius 3 is 1.60 bits per heavy atom. The molecule has 5 heterocycles. The Morgan fingerprint density at radius 1 is 0.687 bits per heavy atom. The van der Waals surface area contributed by atoms with Gasteiger partial charge in [0.2, 0.25) is 0 Å². The number of nitrogens with one attached hydrogen (secondary N) is 1. The Labute approximate surface area is 397 Å². The average molecular weight is 905 g/mol. The number of nitrogens with zero attached hydrogens (tertiary/aromatic N) is 8. The summed E-state index contributed by atoms with van der Waals surface area (Å²) in [5.74, 6) is 4.99. The molecule has 342 valence electrons. The summed E-state index contributed by atoms with van der Waals surface area (Å²) in [6.07, 6.45) is 5.04. The maximum Gasteiger partial charge on any atom is 1.00 e. The van der Waals surface area contributed by atoms with Gasteiger partial charge in [-0.15, -0.1) is 0 Å². The number of nitrogens with two attached hydrogens (primary N) is 1. The van der Waals surface area contributed by atoms with Gasteiger partial charge in [0, 0.05) is 34.7 Å². The summed E-state index contributed by atoms with van der Waals surface area (Å²) in [7, 11) is 1.30. The van der Waals surface area contributed by atoms with Crippen LogP contribution in [0, 0.1) is 13.8 Å². The number of fused-ring (bicyclic) bond motifs is 3. The number of hydrogen-bond acceptors (Lipinski definition) is 16. The Bertz CT molecular complexity index is 2960. The molecule has 0 amide bonds. The third-order valence-corrected chi connectivity index (χ3v) is 9.01. The normalized spacial score (nSPS) is 10.3. The number of aromatic nitrogens is 7. The van der Waals surface area contributed by atoms with E-state index in [1.165, 1.54) is 24.8 Å². The van der Waals surface area contributed by atoms with Crippen molar-refractivity contribution < 1.29 is 62.9 Å². The van der Waals surface area contributed by atoms with Crippen LogP contribution >= 0.6 is 0 Å². The number of oxime groups is 1. The number of hydrogen-bond donors (Lipinski definition) is 3. The van der Waals surface area contributed by atoms with E-state index in [9.17, 15) is 24.3 Å². The van der Waals surface area contributed by atoms with Crippen molar-refractivity contribution in [2.45, 2.75) is 41.0 Å². The fraction of sp³-hybridized carbons (Fsp3) is 0.191. The minimum Gasteiger partial charge on any atom is -0.870 e. The first-order valence-electron chi connectivity index (χ1n) is 20.2. The molecule has 5 N–H and O–H groups in total. The smallest absolute Gasteiger partial charge is 0.870 e. The number of anilines is 1. The largest absolute Gasteiger partial charge is 1.00 e. The van der Waals surface area contributed by atoms with Crippen LogP contribution in [0.1, 0.15) is 59.6 Å². The van der Waals surface area contributed by atoms with Gasteiger partial charge in [0.1, 0.15) is 18.7 Å². The second kappa shape index (κ2) is 26.2. The van der Waals surface area contributed by atoms with Crippen LogP contribution in [0.3, 0.4) is 0 Å². The molecule has 5 aromatic heterocycles. The first-order chi connectivity index (χ1) is 31.4. The van der Waals surface area contributed by atoms with Crippen LogP contribution in [0.4, 0.5) is 5.82 Å². The van der Waals surface area contributed by atoms with Crippen molar-refractivity contribution in [2.75, 3.05) is 25.7 Å². The summed E-state index contributed by atoms with van der Waals surface area (Å²) < 4.78 is 12.7. The van der Waals surface area contributed by atoms with Gasteiger partial charge in [-0.3, -0.25) is 4.79 Å². The van der Waals surface area contributed by atoms with Crippen molar-refractivity contribution >= 4 is 67.5 Å². The van der Waals surface area contributed by atoms with Crippen molar-refractivity contribution in [1.82, 2.24) is 34.5 Å². The molecular formula is C47H49LiN10O9. The second-order valence-electron chi connectivity index (χ2n) is 13.7. The van der Waals surface area contributed by atoms with Gasteiger partial charge in [-0.2, -0.15) is 10.2 Å². The summed E-state index contributed by atoms with van der Waals surface area (Å²) >= 11 is 0. The number of Topliss-reactive ketones (excluding diaryl/α,β-unsaturated/α-hetero) is 1. The zero-order valence-corrected chi connectivity index (χ0v) is 38.1. The molecule has 0 atom stereocenters. The Morgan fingerprint density at radius 2 is 1.13 bits per heavy atom. The summed E-state index contributed by atoms with van der Waals surface area (Å²) in [5.41, 5.74) is 4.44. The van der Waals surface area contributed by atoms with E-state index >= 15 is 0 Å². The number of pyridine rings is 3. The summed E-state index contributed by atoms with van der Waals surface area (Å²) in [6.45, 7) is 8.99.